The second-order valence-corrected chi connectivity index (χ2v) is 12.7. The molecule has 4 heterocycles. The molecule has 1 fully saturated rings. The Morgan fingerprint density at radius 1 is 1.11 bits per heavy atom. The van der Waals surface area contributed by atoms with Crippen molar-refractivity contribution >= 4 is 58.6 Å². The molecule has 2 atom stereocenters. The molecular weight excluding hydrogens is 667 g/mol. The van der Waals surface area contributed by atoms with Crippen LogP contribution < -0.4 is 5.32 Å². The highest BCUT2D eigenvalue weighted by Crippen LogP contribution is 2.48. The van der Waals surface area contributed by atoms with Crippen LogP contribution in [0.1, 0.15) is 22.9 Å². The Hall–Kier alpha value is -4.65. The number of benzene rings is 2. The zero-order valence-corrected chi connectivity index (χ0v) is 27.6. The molecule has 6 rings (SSSR count). The fourth-order valence-electron chi connectivity index (χ4n) is 5.08. The van der Waals surface area contributed by atoms with Gasteiger partial charge >= 0.3 is 5.97 Å². The molecule has 0 bridgehead atoms. The van der Waals surface area contributed by atoms with Gasteiger partial charge in [-0.2, -0.15) is 0 Å². The summed E-state index contributed by atoms with van der Waals surface area (Å²) < 4.78 is 17.2. The van der Waals surface area contributed by atoms with Crippen LogP contribution in [-0.2, 0) is 35.7 Å². The molecule has 1 unspecified atom stereocenters. The maximum atomic E-state index is 14.3. The second kappa shape index (κ2) is 14.0. The van der Waals surface area contributed by atoms with Crippen molar-refractivity contribution in [2.24, 2.45) is 12.2 Å². The summed E-state index contributed by atoms with van der Waals surface area (Å²) in [5.74, 6) is -1.54. The number of carbonyl (C=O) groups excluding carboxylic acids is 3. The van der Waals surface area contributed by atoms with Gasteiger partial charge in [0, 0.05) is 31.0 Å². The molecule has 0 saturated carbocycles. The zero-order chi connectivity index (χ0) is 33.0. The van der Waals surface area contributed by atoms with Gasteiger partial charge in [-0.25, -0.2) is 9.48 Å². The molecular formula is C29H27N9O6S3. The Morgan fingerprint density at radius 3 is 2.38 bits per heavy atom. The number of β-lactam (4-membered cyclic amide) rings is 1. The lowest BCUT2D eigenvalue weighted by molar-refractivity contribution is -0.192. The van der Waals surface area contributed by atoms with Crippen LogP contribution in [0.2, 0.25) is 0 Å². The number of hydrogen-bond donors (Lipinski definition) is 1. The van der Waals surface area contributed by atoms with Crippen molar-refractivity contribution in [3.05, 3.63) is 94.1 Å². The van der Waals surface area contributed by atoms with Crippen molar-refractivity contribution in [1.29, 1.82) is 0 Å². The monoisotopic (exact) mass is 693 g/mol. The molecule has 2 aromatic heterocycles. The van der Waals surface area contributed by atoms with Crippen molar-refractivity contribution in [3.63, 3.8) is 0 Å². The summed E-state index contributed by atoms with van der Waals surface area (Å²) in [5, 5.41) is 23.2. The Balaban J connectivity index is 1.34. The van der Waals surface area contributed by atoms with E-state index in [1.807, 2.05) is 60.7 Å². The van der Waals surface area contributed by atoms with E-state index < -0.39 is 35.0 Å². The van der Waals surface area contributed by atoms with E-state index in [-0.39, 0.29) is 22.9 Å². The van der Waals surface area contributed by atoms with E-state index in [9.17, 15) is 14.4 Å². The van der Waals surface area contributed by atoms with Gasteiger partial charge in [0.2, 0.25) is 5.16 Å². The SMILES string of the molecule is CO/N=C(/C(=O)NC1(OC)C(=O)N2C(C(=O)OC(c3ccccc3)c3ccccc3)=C(CSc3nnnn3C)CS[C@@H]21)c1csnn1. The maximum Gasteiger partial charge on any atom is 0.356 e. The maximum absolute atomic E-state index is 14.3. The summed E-state index contributed by atoms with van der Waals surface area (Å²) in [6.07, 6.45) is -0.759. The van der Waals surface area contributed by atoms with Crippen LogP contribution in [0, 0.1) is 0 Å². The average Bonchev–Trinajstić information content (AvgIpc) is 3.79. The van der Waals surface area contributed by atoms with Crippen molar-refractivity contribution in [2.75, 3.05) is 25.7 Å². The van der Waals surface area contributed by atoms with Gasteiger partial charge in [-0.3, -0.25) is 14.5 Å². The highest BCUT2D eigenvalue weighted by atomic mass is 32.2. The number of aromatic nitrogens is 6. The predicted octanol–water partition coefficient (Wildman–Crippen LogP) is 2.17. The number of oxime groups is 1. The number of ether oxygens (including phenoxy) is 2. The quantitative estimate of drug-likeness (QED) is 0.0571. The number of thioether (sulfide) groups is 2. The Labute approximate surface area is 280 Å². The van der Waals surface area contributed by atoms with E-state index in [2.05, 4.69) is 35.6 Å². The Kier molecular flexibility index (Phi) is 9.62. The smallest absolute Gasteiger partial charge is 0.356 e. The predicted molar refractivity (Wildman–Crippen MR) is 172 cm³/mol. The standard InChI is InChI=1S/C29H27N9O6S3/c1-37-28(32-34-35-37)46-15-19-14-45-27-29(42-2,30-24(39)21(33-43-3)20-16-47-36-31-20)26(41)38(27)22(19)25(40)44-23(17-10-6-4-7-11-17)18-12-8-5-9-13-18/h4-13,16,23,27H,14-15H2,1-3H3,(H,30,39)/b33-21+/t27-,29?/m1/s1. The molecule has 1 N–H and O–H groups in total. The number of nitrogens with one attached hydrogen (secondary N) is 1. The van der Waals surface area contributed by atoms with Gasteiger partial charge in [-0.15, -0.1) is 22.0 Å². The number of aryl methyl sites for hydroxylation is 1. The molecule has 0 spiro atoms. The summed E-state index contributed by atoms with van der Waals surface area (Å²) in [5.41, 5.74) is 0.350. The van der Waals surface area contributed by atoms with Crippen LogP contribution in [0.4, 0.5) is 0 Å². The van der Waals surface area contributed by atoms with Gasteiger partial charge in [-0.05, 0) is 38.7 Å². The first-order chi connectivity index (χ1) is 22.9. The van der Waals surface area contributed by atoms with E-state index in [0.717, 1.165) is 22.7 Å². The average molecular weight is 694 g/mol. The third kappa shape index (κ3) is 6.23. The molecule has 0 aliphatic carbocycles. The molecule has 18 heteroatoms. The molecule has 242 valence electrons. The first-order valence-electron chi connectivity index (χ1n) is 14.0. The van der Waals surface area contributed by atoms with Crippen LogP contribution in [0.25, 0.3) is 0 Å². The summed E-state index contributed by atoms with van der Waals surface area (Å²) in [4.78, 5) is 48.0. The number of hydrogen-bond acceptors (Lipinski definition) is 15. The lowest BCUT2D eigenvalue weighted by Crippen LogP contribution is -2.81. The van der Waals surface area contributed by atoms with Gasteiger partial charge in [0.1, 0.15) is 23.9 Å². The van der Waals surface area contributed by atoms with E-state index >= 15 is 0 Å². The number of rotatable bonds is 12. The lowest BCUT2D eigenvalue weighted by Gasteiger charge is -2.56. The van der Waals surface area contributed by atoms with Gasteiger partial charge in [-0.1, -0.05) is 82.1 Å². The number of methoxy groups -OCH3 is 1. The number of amides is 2. The normalized spacial score (nSPS) is 19.3. The third-order valence-corrected chi connectivity index (χ3v) is 10.3. The fourth-order valence-corrected chi connectivity index (χ4v) is 7.94. The highest BCUT2D eigenvalue weighted by molar-refractivity contribution is 8.01. The lowest BCUT2D eigenvalue weighted by atomic mass is 9.97. The Morgan fingerprint density at radius 2 is 1.81 bits per heavy atom. The van der Waals surface area contributed by atoms with Crippen LogP contribution in [0.3, 0.4) is 0 Å². The summed E-state index contributed by atoms with van der Waals surface area (Å²) in [6, 6.07) is 18.7. The van der Waals surface area contributed by atoms with Crippen molar-refractivity contribution in [3.8, 4) is 0 Å². The topological polar surface area (TPSA) is 176 Å². The Bertz CT molecular complexity index is 1780. The minimum Gasteiger partial charge on any atom is -0.448 e. The zero-order valence-electron chi connectivity index (χ0n) is 25.2. The number of carbonyl (C=O) groups is 3. The van der Waals surface area contributed by atoms with E-state index in [1.165, 1.54) is 52.7 Å². The number of esters is 1. The van der Waals surface area contributed by atoms with E-state index in [0.29, 0.717) is 16.5 Å². The summed E-state index contributed by atoms with van der Waals surface area (Å²) in [7, 11) is 4.30. The van der Waals surface area contributed by atoms with E-state index in [1.54, 1.807) is 7.05 Å². The largest absolute Gasteiger partial charge is 0.448 e. The van der Waals surface area contributed by atoms with E-state index in [4.69, 9.17) is 14.3 Å². The van der Waals surface area contributed by atoms with Crippen LogP contribution in [0.15, 0.2) is 87.6 Å². The highest BCUT2D eigenvalue weighted by Gasteiger charge is 2.67. The van der Waals surface area contributed by atoms with Gasteiger partial charge in [0.15, 0.2) is 11.8 Å². The molecule has 2 aliphatic heterocycles. The number of tetrazole rings is 1. The van der Waals surface area contributed by atoms with Crippen LogP contribution in [-0.4, -0.2) is 95.0 Å². The molecule has 2 amide bonds. The number of nitrogens with zero attached hydrogens (tertiary/aromatic N) is 8. The van der Waals surface area contributed by atoms with Crippen molar-refractivity contribution < 1.29 is 28.7 Å². The summed E-state index contributed by atoms with van der Waals surface area (Å²) in [6.45, 7) is 0. The van der Waals surface area contributed by atoms with Crippen LogP contribution >= 0.6 is 35.1 Å². The molecule has 15 nitrogen and oxygen atoms in total. The van der Waals surface area contributed by atoms with Gasteiger partial charge in [0.25, 0.3) is 17.5 Å². The van der Waals surface area contributed by atoms with Crippen molar-refractivity contribution in [1.82, 2.24) is 40.0 Å². The molecule has 0 radical (unpaired) electrons. The molecule has 1 saturated heterocycles. The van der Waals surface area contributed by atoms with Gasteiger partial charge in [0.05, 0.1) is 0 Å². The van der Waals surface area contributed by atoms with Gasteiger partial charge < -0.3 is 19.6 Å². The molecule has 2 aromatic carbocycles. The molecule has 4 aromatic rings. The molecule has 47 heavy (non-hydrogen) atoms. The van der Waals surface area contributed by atoms with Crippen molar-refractivity contribution in [2.45, 2.75) is 22.4 Å². The van der Waals surface area contributed by atoms with Crippen LogP contribution in [0.5, 0.6) is 0 Å². The first-order valence-corrected chi connectivity index (χ1v) is 16.8. The fraction of sp³-hybridized carbons (Fsp3) is 0.276. The minimum absolute atomic E-state index is 0.0645. The minimum atomic E-state index is -1.82. The summed E-state index contributed by atoms with van der Waals surface area (Å²) >= 11 is 3.66. The third-order valence-electron chi connectivity index (χ3n) is 7.31. The number of fused-ring (bicyclic) bond motifs is 1. The first kappa shape index (κ1) is 32.3. The molecule has 2 aliphatic rings. The second-order valence-electron chi connectivity index (χ2n) is 10.1.